The number of anilines is 2. The van der Waals surface area contributed by atoms with E-state index in [0.717, 1.165) is 64.5 Å². The lowest BCUT2D eigenvalue weighted by Crippen LogP contribution is -2.37. The number of thioether (sulfide) groups is 1. The number of piperidine rings is 1. The number of ether oxygens (including phenoxy) is 1. The van der Waals surface area contributed by atoms with Gasteiger partial charge in [0, 0.05) is 52.7 Å². The van der Waals surface area contributed by atoms with Crippen LogP contribution in [0.4, 0.5) is 11.6 Å². The Bertz CT molecular complexity index is 1820. The largest absolute Gasteiger partial charge is 0.489 e. The SMILES string of the molecule is Cc1cc(-c2nccs2)ccc1-c1cc2cnc(Nc3ccc(OC4CCCNC4)cc3)nc2n(CC2NC=CS2)c1=O. The Morgan fingerprint density at radius 2 is 2.02 bits per heavy atom. The number of thiazole rings is 1. The number of benzene rings is 2. The van der Waals surface area contributed by atoms with Crippen molar-refractivity contribution in [3.8, 4) is 27.4 Å². The van der Waals surface area contributed by atoms with Crippen LogP contribution in [-0.2, 0) is 6.54 Å². The van der Waals surface area contributed by atoms with Crippen LogP contribution in [0.1, 0.15) is 18.4 Å². The predicted molar refractivity (Wildman–Crippen MR) is 175 cm³/mol. The number of nitrogens with one attached hydrogen (secondary N) is 3. The monoisotopic (exact) mass is 609 g/mol. The van der Waals surface area contributed by atoms with Crippen LogP contribution in [-0.4, -0.2) is 44.1 Å². The molecule has 2 unspecified atom stereocenters. The van der Waals surface area contributed by atoms with Crippen LogP contribution in [0.15, 0.2) is 82.7 Å². The molecular formula is C32H31N7O2S2. The summed E-state index contributed by atoms with van der Waals surface area (Å²) in [5.41, 5.74) is 4.90. The van der Waals surface area contributed by atoms with Gasteiger partial charge in [0.2, 0.25) is 5.95 Å². The Labute approximate surface area is 257 Å². The lowest BCUT2D eigenvalue weighted by molar-refractivity contribution is 0.167. The van der Waals surface area contributed by atoms with Crippen LogP contribution in [0.3, 0.4) is 0 Å². The second kappa shape index (κ2) is 12.2. The van der Waals surface area contributed by atoms with E-state index in [4.69, 9.17) is 9.72 Å². The minimum Gasteiger partial charge on any atom is -0.489 e. The van der Waals surface area contributed by atoms with E-state index in [9.17, 15) is 4.79 Å². The summed E-state index contributed by atoms with van der Waals surface area (Å²) in [5, 5.41) is 15.8. The highest BCUT2D eigenvalue weighted by Gasteiger charge is 2.20. The maximum absolute atomic E-state index is 14.1. The minimum absolute atomic E-state index is 0.0304. The Morgan fingerprint density at radius 1 is 1.12 bits per heavy atom. The van der Waals surface area contributed by atoms with Gasteiger partial charge in [-0.1, -0.05) is 12.1 Å². The molecule has 0 saturated carbocycles. The Hall–Kier alpha value is -4.19. The molecule has 0 spiro atoms. The molecule has 1 fully saturated rings. The molecule has 2 aromatic carbocycles. The summed E-state index contributed by atoms with van der Waals surface area (Å²) in [6.07, 6.45) is 7.88. The van der Waals surface area contributed by atoms with Crippen LogP contribution in [0.5, 0.6) is 5.75 Å². The van der Waals surface area contributed by atoms with Crippen molar-refractivity contribution in [1.29, 1.82) is 0 Å². The fraction of sp³-hybridized carbons (Fsp3) is 0.250. The number of nitrogens with zero attached hydrogens (tertiary/aromatic N) is 4. The zero-order valence-electron chi connectivity index (χ0n) is 23.6. The Kier molecular flexibility index (Phi) is 7.84. The normalized spacial score (nSPS) is 18.1. The molecule has 3 aromatic heterocycles. The molecule has 7 rings (SSSR count). The molecule has 0 aliphatic carbocycles. The third-order valence-electron chi connectivity index (χ3n) is 7.63. The van der Waals surface area contributed by atoms with E-state index in [-0.39, 0.29) is 17.0 Å². The molecule has 0 amide bonds. The van der Waals surface area contributed by atoms with E-state index in [1.165, 1.54) is 0 Å². The van der Waals surface area contributed by atoms with Gasteiger partial charge in [-0.3, -0.25) is 9.36 Å². The van der Waals surface area contributed by atoms with Crippen LogP contribution in [0, 0.1) is 6.92 Å². The van der Waals surface area contributed by atoms with Gasteiger partial charge < -0.3 is 20.7 Å². The first kappa shape index (κ1) is 27.6. The minimum atomic E-state index is -0.0877. The predicted octanol–water partition coefficient (Wildman–Crippen LogP) is 5.90. The van der Waals surface area contributed by atoms with E-state index in [1.54, 1.807) is 40.1 Å². The summed E-state index contributed by atoms with van der Waals surface area (Å²) >= 11 is 3.25. The Balaban J connectivity index is 1.20. The van der Waals surface area contributed by atoms with Gasteiger partial charge in [-0.15, -0.1) is 23.1 Å². The van der Waals surface area contributed by atoms with E-state index in [0.29, 0.717) is 23.7 Å². The van der Waals surface area contributed by atoms with Crippen molar-refractivity contribution in [3.05, 3.63) is 93.8 Å². The second-order valence-corrected chi connectivity index (χ2v) is 12.7. The van der Waals surface area contributed by atoms with Crippen molar-refractivity contribution in [1.82, 2.24) is 30.2 Å². The van der Waals surface area contributed by atoms with Crippen molar-refractivity contribution in [2.45, 2.75) is 37.8 Å². The topological polar surface area (TPSA) is 106 Å². The molecular weight excluding hydrogens is 579 g/mol. The summed E-state index contributed by atoms with van der Waals surface area (Å²) in [6, 6.07) is 15.9. The maximum atomic E-state index is 14.1. The van der Waals surface area contributed by atoms with Crippen molar-refractivity contribution in [2.75, 3.05) is 18.4 Å². The Morgan fingerprint density at radius 3 is 2.77 bits per heavy atom. The number of hydrogen-bond acceptors (Lipinski definition) is 10. The summed E-state index contributed by atoms with van der Waals surface area (Å²) in [7, 11) is 0. The molecule has 218 valence electrons. The van der Waals surface area contributed by atoms with Gasteiger partial charge in [-0.05, 0) is 79.2 Å². The van der Waals surface area contributed by atoms with Gasteiger partial charge in [0.15, 0.2) is 0 Å². The van der Waals surface area contributed by atoms with Crippen molar-refractivity contribution in [3.63, 3.8) is 0 Å². The fourth-order valence-electron chi connectivity index (χ4n) is 5.49. The van der Waals surface area contributed by atoms with E-state index in [1.807, 2.05) is 66.4 Å². The molecule has 2 aliphatic rings. The molecule has 11 heteroatoms. The quantitative estimate of drug-likeness (QED) is 0.198. The summed E-state index contributed by atoms with van der Waals surface area (Å²) in [6.45, 7) is 4.41. The standard InChI is InChI=1S/C32H31N7O2S2/c1-20-15-21(30-35-12-14-43-30)4-9-26(20)27-16-22-17-36-32(38-29(22)39(31(27)40)19-28-34-11-13-42-28)37-23-5-7-24(8-6-23)41-25-3-2-10-33-18-25/h4-9,11-17,25,28,33-34H,2-3,10,18-19H2,1H3,(H,36,37,38). The maximum Gasteiger partial charge on any atom is 0.260 e. The zero-order valence-corrected chi connectivity index (χ0v) is 25.3. The van der Waals surface area contributed by atoms with Crippen molar-refractivity contribution >= 4 is 45.8 Å². The summed E-state index contributed by atoms with van der Waals surface area (Å²) < 4.78 is 7.88. The number of hydrogen-bond donors (Lipinski definition) is 3. The molecule has 1 saturated heterocycles. The van der Waals surface area contributed by atoms with Crippen LogP contribution in [0.25, 0.3) is 32.7 Å². The van der Waals surface area contributed by atoms with Gasteiger partial charge in [0.05, 0.1) is 11.9 Å². The number of aryl methyl sites for hydroxylation is 1. The van der Waals surface area contributed by atoms with E-state index < -0.39 is 0 Å². The highest BCUT2D eigenvalue weighted by molar-refractivity contribution is 8.02. The molecule has 43 heavy (non-hydrogen) atoms. The number of pyridine rings is 1. The molecule has 5 heterocycles. The molecule has 9 nitrogen and oxygen atoms in total. The highest BCUT2D eigenvalue weighted by atomic mass is 32.2. The average Bonchev–Trinajstić information content (AvgIpc) is 3.76. The average molecular weight is 610 g/mol. The van der Waals surface area contributed by atoms with Gasteiger partial charge in [0.25, 0.3) is 5.56 Å². The molecule has 2 atom stereocenters. The third kappa shape index (κ3) is 6.01. The molecule has 0 bridgehead atoms. The lowest BCUT2D eigenvalue weighted by Gasteiger charge is -2.24. The summed E-state index contributed by atoms with van der Waals surface area (Å²) in [4.78, 5) is 28.0. The van der Waals surface area contributed by atoms with Gasteiger partial charge in [-0.25, -0.2) is 9.97 Å². The molecule has 2 aliphatic heterocycles. The highest BCUT2D eigenvalue weighted by Crippen LogP contribution is 2.30. The first-order valence-electron chi connectivity index (χ1n) is 14.3. The van der Waals surface area contributed by atoms with E-state index >= 15 is 0 Å². The number of rotatable bonds is 8. The smallest absolute Gasteiger partial charge is 0.260 e. The molecule has 0 radical (unpaired) electrons. The van der Waals surface area contributed by atoms with Gasteiger partial charge in [-0.2, -0.15) is 4.98 Å². The van der Waals surface area contributed by atoms with Crippen LogP contribution >= 0.6 is 23.1 Å². The first-order chi connectivity index (χ1) is 21.1. The van der Waals surface area contributed by atoms with E-state index in [2.05, 4.69) is 32.0 Å². The first-order valence-corrected chi connectivity index (χ1v) is 16.2. The number of aromatic nitrogens is 4. The fourth-order valence-corrected chi connectivity index (χ4v) is 6.86. The van der Waals surface area contributed by atoms with Crippen molar-refractivity contribution < 1.29 is 4.74 Å². The zero-order chi connectivity index (χ0) is 29.2. The molecule has 5 aromatic rings. The second-order valence-electron chi connectivity index (χ2n) is 10.6. The van der Waals surface area contributed by atoms with Gasteiger partial charge in [0.1, 0.15) is 22.5 Å². The lowest BCUT2D eigenvalue weighted by atomic mass is 9.98. The van der Waals surface area contributed by atoms with Crippen LogP contribution in [0.2, 0.25) is 0 Å². The van der Waals surface area contributed by atoms with Crippen LogP contribution < -0.4 is 26.2 Å². The van der Waals surface area contributed by atoms with Gasteiger partial charge >= 0.3 is 0 Å². The summed E-state index contributed by atoms with van der Waals surface area (Å²) in [5.74, 6) is 1.26. The third-order valence-corrected chi connectivity index (χ3v) is 9.36. The van der Waals surface area contributed by atoms with Crippen molar-refractivity contribution in [2.24, 2.45) is 0 Å². The number of fused-ring (bicyclic) bond motifs is 1. The molecule has 3 N–H and O–H groups in total.